The second-order valence-corrected chi connectivity index (χ2v) is 10.0. The highest BCUT2D eigenvalue weighted by Gasteiger charge is 2.11. The van der Waals surface area contributed by atoms with Crippen molar-refractivity contribution >= 4 is 28.1 Å². The van der Waals surface area contributed by atoms with Crippen LogP contribution in [0, 0.1) is 6.92 Å². The van der Waals surface area contributed by atoms with Gasteiger partial charge in [-0.2, -0.15) is 0 Å². The Morgan fingerprint density at radius 1 is 0.900 bits per heavy atom. The van der Waals surface area contributed by atoms with Gasteiger partial charge < -0.3 is 23.7 Å². The SMILES string of the molecule is Cc1cc(=O)oc2cc(OCCOc3cccc(C(=O)COc4ccc(Cc5sc(=O)[nH]c5O)cc4)c3)ccc12. The molecule has 0 saturated heterocycles. The second kappa shape index (κ2) is 11.9. The summed E-state index contributed by atoms with van der Waals surface area (Å²) in [6.07, 6.45) is 0.409. The maximum atomic E-state index is 12.7. The number of Topliss-reactive ketones (excluding diaryl/α,β-unsaturated/α-hetero) is 1. The lowest BCUT2D eigenvalue weighted by Gasteiger charge is -2.10. The van der Waals surface area contributed by atoms with E-state index >= 15 is 0 Å². The zero-order chi connectivity index (χ0) is 28.1. The van der Waals surface area contributed by atoms with Crippen LogP contribution < -0.4 is 24.7 Å². The summed E-state index contributed by atoms with van der Waals surface area (Å²) in [6.45, 7) is 2.20. The number of aromatic amines is 1. The summed E-state index contributed by atoms with van der Waals surface area (Å²) in [5.74, 6) is 1.28. The van der Waals surface area contributed by atoms with E-state index in [-0.39, 0.29) is 36.4 Å². The number of aromatic hydroxyl groups is 1. The smallest absolute Gasteiger partial charge is 0.336 e. The molecule has 0 radical (unpaired) electrons. The van der Waals surface area contributed by atoms with E-state index in [0.717, 1.165) is 27.8 Å². The zero-order valence-corrected chi connectivity index (χ0v) is 22.3. The maximum absolute atomic E-state index is 12.7. The van der Waals surface area contributed by atoms with Gasteiger partial charge in [0.2, 0.25) is 5.88 Å². The highest BCUT2D eigenvalue weighted by molar-refractivity contribution is 7.09. The fourth-order valence-corrected chi connectivity index (χ4v) is 4.82. The molecule has 5 aromatic rings. The number of fused-ring (bicyclic) bond motifs is 1. The third kappa shape index (κ3) is 6.59. The molecule has 9 nitrogen and oxygen atoms in total. The molecule has 0 saturated carbocycles. The van der Waals surface area contributed by atoms with Crippen molar-refractivity contribution in [2.75, 3.05) is 19.8 Å². The molecule has 0 atom stereocenters. The van der Waals surface area contributed by atoms with E-state index in [1.54, 1.807) is 48.5 Å². The number of hydrogen-bond acceptors (Lipinski definition) is 9. The molecule has 0 bridgehead atoms. The van der Waals surface area contributed by atoms with Gasteiger partial charge >= 0.3 is 10.5 Å². The number of thiazole rings is 1. The summed E-state index contributed by atoms with van der Waals surface area (Å²) in [7, 11) is 0. The summed E-state index contributed by atoms with van der Waals surface area (Å²) in [5.41, 5.74) is 2.23. The number of ketones is 1. The van der Waals surface area contributed by atoms with Crippen molar-refractivity contribution in [2.45, 2.75) is 13.3 Å². The van der Waals surface area contributed by atoms with E-state index < -0.39 is 5.63 Å². The van der Waals surface area contributed by atoms with Crippen LogP contribution in [0.4, 0.5) is 0 Å². The quantitative estimate of drug-likeness (QED) is 0.133. The first-order valence-corrected chi connectivity index (χ1v) is 13.2. The molecule has 0 fully saturated rings. The van der Waals surface area contributed by atoms with E-state index in [2.05, 4.69) is 4.98 Å². The van der Waals surface area contributed by atoms with Crippen molar-refractivity contribution in [1.82, 2.24) is 4.98 Å². The second-order valence-electron chi connectivity index (χ2n) is 8.95. The number of benzene rings is 3. The minimum Gasteiger partial charge on any atom is -0.494 e. The summed E-state index contributed by atoms with van der Waals surface area (Å²) >= 11 is 0.965. The largest absolute Gasteiger partial charge is 0.494 e. The maximum Gasteiger partial charge on any atom is 0.336 e. The predicted octanol–water partition coefficient (Wildman–Crippen LogP) is 4.87. The number of nitrogens with one attached hydrogen (secondary N) is 1. The van der Waals surface area contributed by atoms with Crippen LogP contribution in [0.2, 0.25) is 0 Å². The first-order chi connectivity index (χ1) is 19.3. The fourth-order valence-electron chi connectivity index (χ4n) is 4.07. The van der Waals surface area contributed by atoms with E-state index in [1.165, 1.54) is 6.07 Å². The van der Waals surface area contributed by atoms with Gasteiger partial charge in [0.25, 0.3) is 0 Å². The molecule has 2 N–H and O–H groups in total. The zero-order valence-electron chi connectivity index (χ0n) is 21.5. The van der Waals surface area contributed by atoms with Gasteiger partial charge in [0.1, 0.15) is 36.0 Å². The van der Waals surface area contributed by atoms with Crippen molar-refractivity contribution in [3.05, 3.63) is 114 Å². The summed E-state index contributed by atoms with van der Waals surface area (Å²) in [4.78, 5) is 38.3. The Morgan fingerprint density at radius 3 is 2.35 bits per heavy atom. The molecule has 0 spiro atoms. The van der Waals surface area contributed by atoms with E-state index in [9.17, 15) is 19.5 Å². The van der Waals surface area contributed by atoms with Crippen LogP contribution in [-0.2, 0) is 6.42 Å². The van der Waals surface area contributed by atoms with E-state index in [4.69, 9.17) is 18.6 Å². The Hall–Kier alpha value is -4.83. The van der Waals surface area contributed by atoms with Crippen LogP contribution >= 0.6 is 11.3 Å². The monoisotopic (exact) mass is 559 g/mol. The minimum atomic E-state index is -0.408. The average molecular weight is 560 g/mol. The van der Waals surface area contributed by atoms with Gasteiger partial charge in [-0.25, -0.2) is 4.79 Å². The standard InChI is InChI=1S/C30H25NO8S/c1-18-13-28(33)39-26-16-23(9-10-24(18)26)37-12-11-36-22-4-2-3-20(15-22)25(32)17-38-21-7-5-19(6-8-21)14-27-29(34)31-30(35)40-27/h2-10,13,15-16,34H,11-12,14,17H2,1H3,(H,31,35). The van der Waals surface area contributed by atoms with Crippen LogP contribution in [0.25, 0.3) is 11.0 Å². The third-order valence-electron chi connectivity index (χ3n) is 6.06. The minimum absolute atomic E-state index is 0.115. The highest BCUT2D eigenvalue weighted by Crippen LogP contribution is 2.23. The van der Waals surface area contributed by atoms with Crippen molar-refractivity contribution < 1.29 is 28.5 Å². The Kier molecular flexibility index (Phi) is 7.97. The number of carbonyl (C=O) groups is 1. The number of rotatable bonds is 11. The van der Waals surface area contributed by atoms with Gasteiger partial charge in [-0.05, 0) is 54.4 Å². The molecule has 0 aliphatic carbocycles. The van der Waals surface area contributed by atoms with Crippen molar-refractivity contribution in [3.63, 3.8) is 0 Å². The number of H-pyrrole nitrogens is 1. The van der Waals surface area contributed by atoms with E-state index in [0.29, 0.717) is 39.7 Å². The van der Waals surface area contributed by atoms with Crippen LogP contribution in [0.5, 0.6) is 23.1 Å². The van der Waals surface area contributed by atoms with Gasteiger partial charge in [-0.15, -0.1) is 0 Å². The normalized spacial score (nSPS) is 10.9. The van der Waals surface area contributed by atoms with Gasteiger partial charge in [0.05, 0.1) is 4.88 Å². The average Bonchev–Trinajstić information content (AvgIpc) is 3.26. The fraction of sp³-hybridized carbons (Fsp3) is 0.167. The Labute approximate surface area is 232 Å². The molecule has 2 heterocycles. The Balaban J connectivity index is 1.10. The molecule has 0 aliphatic rings. The van der Waals surface area contributed by atoms with Gasteiger partial charge in [-0.1, -0.05) is 35.6 Å². The molecule has 10 heteroatoms. The summed E-state index contributed by atoms with van der Waals surface area (Å²) < 4.78 is 22.4. The van der Waals surface area contributed by atoms with Crippen LogP contribution in [0.1, 0.15) is 26.4 Å². The van der Waals surface area contributed by atoms with Gasteiger partial charge in [0.15, 0.2) is 12.4 Å². The van der Waals surface area contributed by atoms with Crippen LogP contribution in [0.15, 0.2) is 86.8 Å². The first kappa shape index (κ1) is 26.8. The lowest BCUT2D eigenvalue weighted by molar-refractivity contribution is 0.0921. The molecule has 40 heavy (non-hydrogen) atoms. The molecule has 204 valence electrons. The van der Waals surface area contributed by atoms with Gasteiger partial charge in [0, 0.05) is 29.5 Å². The third-order valence-corrected chi connectivity index (χ3v) is 6.93. The number of aryl methyl sites for hydroxylation is 1. The summed E-state index contributed by atoms with van der Waals surface area (Å²) in [5, 5.41) is 10.6. The number of hydrogen-bond donors (Lipinski definition) is 2. The first-order valence-electron chi connectivity index (χ1n) is 12.4. The number of carbonyl (C=O) groups excluding carboxylic acids is 1. The van der Waals surface area contributed by atoms with Crippen LogP contribution in [-0.4, -0.2) is 35.7 Å². The Morgan fingerprint density at radius 2 is 1.62 bits per heavy atom. The molecule has 0 aliphatic heterocycles. The van der Waals surface area contributed by atoms with E-state index in [1.807, 2.05) is 25.1 Å². The molecule has 5 rings (SSSR count). The summed E-state index contributed by atoms with van der Waals surface area (Å²) in [6, 6.07) is 20.7. The van der Waals surface area contributed by atoms with Crippen molar-refractivity contribution in [3.8, 4) is 23.1 Å². The van der Waals surface area contributed by atoms with Crippen molar-refractivity contribution in [1.29, 1.82) is 0 Å². The topological polar surface area (TPSA) is 128 Å². The van der Waals surface area contributed by atoms with Crippen LogP contribution in [0.3, 0.4) is 0 Å². The number of ether oxygens (including phenoxy) is 3. The highest BCUT2D eigenvalue weighted by atomic mass is 32.1. The number of aromatic nitrogens is 1. The lowest BCUT2D eigenvalue weighted by Crippen LogP contribution is -2.12. The molecular formula is C30H25NO8S. The molecular weight excluding hydrogens is 534 g/mol. The molecule has 0 amide bonds. The predicted molar refractivity (Wildman–Crippen MR) is 150 cm³/mol. The molecule has 2 aromatic heterocycles. The van der Waals surface area contributed by atoms with Gasteiger partial charge in [-0.3, -0.25) is 14.6 Å². The van der Waals surface area contributed by atoms with Crippen molar-refractivity contribution in [2.24, 2.45) is 0 Å². The molecule has 0 unspecified atom stereocenters. The molecule has 3 aromatic carbocycles. The lowest BCUT2D eigenvalue weighted by atomic mass is 10.1. The Bertz CT molecular complexity index is 1770.